The Bertz CT molecular complexity index is 705. The van der Waals surface area contributed by atoms with Crippen molar-refractivity contribution in [3.8, 4) is 5.75 Å². The number of aryl methyl sites for hydroxylation is 2. The minimum absolute atomic E-state index is 0.481. The highest BCUT2D eigenvalue weighted by atomic mass is 16.5. The van der Waals surface area contributed by atoms with Gasteiger partial charge in [0.2, 0.25) is 5.89 Å². The van der Waals surface area contributed by atoms with Gasteiger partial charge in [-0.1, -0.05) is 18.2 Å². The molecule has 7 heteroatoms. The van der Waals surface area contributed by atoms with Crippen molar-refractivity contribution >= 4 is 5.96 Å². The van der Waals surface area contributed by atoms with Crippen LogP contribution in [0.3, 0.4) is 0 Å². The van der Waals surface area contributed by atoms with E-state index in [0.717, 1.165) is 29.3 Å². The minimum atomic E-state index is 0.481. The van der Waals surface area contributed by atoms with E-state index in [1.165, 1.54) is 0 Å². The van der Waals surface area contributed by atoms with Gasteiger partial charge in [-0.15, -0.1) is 0 Å². The third kappa shape index (κ3) is 6.07. The number of nitrogens with zero attached hydrogens (tertiary/aromatic N) is 3. The molecule has 0 spiro atoms. The summed E-state index contributed by atoms with van der Waals surface area (Å²) in [5.74, 6) is 3.06. The molecular weight excluding hydrogens is 330 g/mol. The van der Waals surface area contributed by atoms with Crippen LogP contribution in [0.4, 0.5) is 0 Å². The molecule has 26 heavy (non-hydrogen) atoms. The molecule has 142 valence electrons. The van der Waals surface area contributed by atoms with Crippen LogP contribution in [-0.2, 0) is 13.1 Å². The third-order valence-corrected chi connectivity index (χ3v) is 3.92. The van der Waals surface area contributed by atoms with E-state index in [9.17, 15) is 0 Å². The van der Waals surface area contributed by atoms with E-state index in [-0.39, 0.29) is 0 Å². The van der Waals surface area contributed by atoms with Gasteiger partial charge in [-0.25, -0.2) is 4.98 Å². The minimum Gasteiger partial charge on any atom is -0.492 e. The number of benzene rings is 1. The molecule has 7 nitrogen and oxygen atoms in total. The molecule has 0 saturated heterocycles. The molecule has 2 aromatic rings. The number of rotatable bonds is 8. The third-order valence-electron chi connectivity index (χ3n) is 3.92. The van der Waals surface area contributed by atoms with Crippen molar-refractivity contribution in [3.63, 3.8) is 0 Å². The average Bonchev–Trinajstić information content (AvgIpc) is 2.94. The van der Waals surface area contributed by atoms with E-state index in [4.69, 9.17) is 9.15 Å². The summed E-state index contributed by atoms with van der Waals surface area (Å²) in [6.07, 6.45) is 0. The van der Waals surface area contributed by atoms with E-state index in [2.05, 4.69) is 25.5 Å². The molecule has 2 rings (SSSR count). The summed E-state index contributed by atoms with van der Waals surface area (Å²) in [6, 6.07) is 8.02. The second-order valence-corrected chi connectivity index (χ2v) is 6.29. The van der Waals surface area contributed by atoms with Crippen LogP contribution >= 0.6 is 0 Å². The first kappa shape index (κ1) is 19.8. The van der Waals surface area contributed by atoms with Crippen LogP contribution in [0.2, 0.25) is 0 Å². The Balaban J connectivity index is 1.87. The Morgan fingerprint density at radius 1 is 1.19 bits per heavy atom. The largest absolute Gasteiger partial charge is 0.492 e. The molecule has 0 radical (unpaired) electrons. The van der Waals surface area contributed by atoms with Gasteiger partial charge in [-0.3, -0.25) is 4.99 Å². The highest BCUT2D eigenvalue weighted by Gasteiger charge is 2.08. The quantitative estimate of drug-likeness (QED) is 0.555. The summed E-state index contributed by atoms with van der Waals surface area (Å²) < 4.78 is 11.5. The van der Waals surface area contributed by atoms with E-state index in [0.29, 0.717) is 31.5 Å². The van der Waals surface area contributed by atoms with Gasteiger partial charge in [-0.2, -0.15) is 0 Å². The summed E-state index contributed by atoms with van der Waals surface area (Å²) in [5.41, 5.74) is 1.99. The van der Waals surface area contributed by atoms with Crippen LogP contribution in [0.25, 0.3) is 0 Å². The van der Waals surface area contributed by atoms with Gasteiger partial charge in [0, 0.05) is 25.7 Å². The maximum absolute atomic E-state index is 5.89. The van der Waals surface area contributed by atoms with Gasteiger partial charge >= 0.3 is 0 Å². The SMILES string of the molecule is CN=C(NCc1nc(C)c(C)o1)NCc1ccccc1OCCN(C)C. The van der Waals surface area contributed by atoms with E-state index < -0.39 is 0 Å². The lowest BCUT2D eigenvalue weighted by Crippen LogP contribution is -2.36. The predicted molar refractivity (Wildman–Crippen MR) is 104 cm³/mol. The number of para-hydroxylation sites is 1. The fourth-order valence-electron chi connectivity index (χ4n) is 2.30. The van der Waals surface area contributed by atoms with Crippen molar-refractivity contribution in [3.05, 3.63) is 47.2 Å². The van der Waals surface area contributed by atoms with Crippen molar-refractivity contribution in [2.24, 2.45) is 4.99 Å². The molecule has 0 aliphatic carbocycles. The second-order valence-electron chi connectivity index (χ2n) is 6.29. The van der Waals surface area contributed by atoms with Gasteiger partial charge in [0.05, 0.1) is 12.2 Å². The van der Waals surface area contributed by atoms with Gasteiger partial charge in [0.25, 0.3) is 0 Å². The average molecular weight is 359 g/mol. The Kier molecular flexibility index (Phi) is 7.47. The lowest BCUT2D eigenvalue weighted by atomic mass is 10.2. The smallest absolute Gasteiger partial charge is 0.214 e. The molecule has 0 atom stereocenters. The number of ether oxygens (including phenoxy) is 1. The van der Waals surface area contributed by atoms with Gasteiger partial charge in [0.15, 0.2) is 5.96 Å². The van der Waals surface area contributed by atoms with Gasteiger partial charge < -0.3 is 24.7 Å². The number of hydrogen-bond acceptors (Lipinski definition) is 5. The van der Waals surface area contributed by atoms with E-state index in [1.54, 1.807) is 7.05 Å². The molecule has 0 unspecified atom stereocenters. The molecule has 0 aliphatic heterocycles. The number of likely N-dealkylation sites (N-methyl/N-ethyl adjacent to an activating group) is 1. The van der Waals surface area contributed by atoms with Crippen LogP contribution in [-0.4, -0.2) is 50.1 Å². The number of nitrogens with one attached hydrogen (secondary N) is 2. The monoisotopic (exact) mass is 359 g/mol. The zero-order chi connectivity index (χ0) is 18.9. The van der Waals surface area contributed by atoms with Crippen molar-refractivity contribution in [1.29, 1.82) is 0 Å². The maximum atomic E-state index is 5.89. The Morgan fingerprint density at radius 2 is 1.92 bits per heavy atom. The molecule has 0 fully saturated rings. The predicted octanol–water partition coefficient (Wildman–Crippen LogP) is 2.10. The summed E-state index contributed by atoms with van der Waals surface area (Å²) >= 11 is 0. The highest BCUT2D eigenvalue weighted by molar-refractivity contribution is 5.79. The number of aliphatic imine (C=N–C) groups is 1. The summed E-state index contributed by atoms with van der Waals surface area (Å²) in [4.78, 5) is 10.7. The number of guanidine groups is 1. The molecule has 2 N–H and O–H groups in total. The van der Waals surface area contributed by atoms with Gasteiger partial charge in [-0.05, 0) is 34.0 Å². The number of aromatic nitrogens is 1. The van der Waals surface area contributed by atoms with Crippen molar-refractivity contribution in [2.45, 2.75) is 26.9 Å². The fourth-order valence-corrected chi connectivity index (χ4v) is 2.30. The van der Waals surface area contributed by atoms with Crippen LogP contribution in [0.5, 0.6) is 5.75 Å². The number of hydrogen-bond donors (Lipinski definition) is 2. The summed E-state index contributed by atoms with van der Waals surface area (Å²) in [7, 11) is 5.80. The zero-order valence-electron chi connectivity index (χ0n) is 16.3. The topological polar surface area (TPSA) is 74.9 Å². The van der Waals surface area contributed by atoms with E-state index >= 15 is 0 Å². The van der Waals surface area contributed by atoms with Crippen LogP contribution in [0.15, 0.2) is 33.7 Å². The van der Waals surface area contributed by atoms with Gasteiger partial charge in [0.1, 0.15) is 18.1 Å². The summed E-state index contributed by atoms with van der Waals surface area (Å²) in [6.45, 7) is 6.46. The van der Waals surface area contributed by atoms with Crippen LogP contribution < -0.4 is 15.4 Å². The van der Waals surface area contributed by atoms with E-state index in [1.807, 2.05) is 52.2 Å². The Hall–Kier alpha value is -2.54. The Labute approximate surface area is 155 Å². The highest BCUT2D eigenvalue weighted by Crippen LogP contribution is 2.17. The van der Waals surface area contributed by atoms with Crippen LogP contribution in [0.1, 0.15) is 22.9 Å². The molecule has 0 aliphatic rings. The lowest BCUT2D eigenvalue weighted by Gasteiger charge is -2.15. The van der Waals surface area contributed by atoms with Crippen LogP contribution in [0, 0.1) is 13.8 Å². The Morgan fingerprint density at radius 3 is 2.58 bits per heavy atom. The lowest BCUT2D eigenvalue weighted by molar-refractivity contribution is 0.259. The zero-order valence-corrected chi connectivity index (χ0v) is 16.3. The second kappa shape index (κ2) is 9.82. The fraction of sp³-hybridized carbons (Fsp3) is 0.474. The molecule has 1 heterocycles. The molecule has 0 amide bonds. The first-order chi connectivity index (χ1) is 12.5. The molecule has 1 aromatic heterocycles. The normalized spacial score (nSPS) is 11.7. The first-order valence-electron chi connectivity index (χ1n) is 8.72. The summed E-state index contributed by atoms with van der Waals surface area (Å²) in [5, 5.41) is 6.51. The number of oxazole rings is 1. The van der Waals surface area contributed by atoms with Crippen molar-refractivity contribution in [1.82, 2.24) is 20.5 Å². The van der Waals surface area contributed by atoms with Crippen molar-refractivity contribution < 1.29 is 9.15 Å². The molecule has 0 saturated carbocycles. The molecule has 0 bridgehead atoms. The molecule has 1 aromatic carbocycles. The van der Waals surface area contributed by atoms with Crippen molar-refractivity contribution in [2.75, 3.05) is 34.3 Å². The molecular formula is C19H29N5O2. The standard InChI is InChI=1S/C19H29N5O2/c1-14-15(2)26-18(23-14)13-22-19(20-3)21-12-16-8-6-7-9-17(16)25-11-10-24(4)5/h6-9H,10-13H2,1-5H3,(H2,20,21,22). The first-order valence-corrected chi connectivity index (χ1v) is 8.72. The maximum Gasteiger partial charge on any atom is 0.214 e.